The van der Waals surface area contributed by atoms with E-state index in [-0.39, 0.29) is 957 Å². The predicted molar refractivity (Wildman–Crippen MR) is 214 cm³/mol. The molecule has 8 N–H and O–H groups in total. The fourth-order valence-electron chi connectivity index (χ4n) is 0. The monoisotopic (exact) mass is 5640 g/mol. The van der Waals surface area contributed by atoms with Crippen molar-refractivity contribution in [3.05, 3.63) is 0 Å². The summed E-state index contributed by atoms with van der Waals surface area (Å²) in [6.45, 7) is 0. The van der Waals surface area contributed by atoms with E-state index in [1.54, 1.807) is 0 Å². The van der Waals surface area contributed by atoms with Gasteiger partial charge in [0.2, 0.25) is 0 Å². The van der Waals surface area contributed by atoms with Crippen molar-refractivity contribution in [3.63, 3.8) is 0 Å². The first-order valence-corrected chi connectivity index (χ1v) is 12.0. The summed E-state index contributed by atoms with van der Waals surface area (Å²) < 4.78 is 0. The van der Waals surface area contributed by atoms with Gasteiger partial charge in [-0.25, -0.2) is 0 Å². The zero-order valence-electron chi connectivity index (χ0n) is 70.5. The largest absolute Gasteiger partial charge is 5.00 e. The Labute approximate surface area is 1150 Å². The molecule has 135 heavy (non-hydrogen) atoms. The van der Waals surface area contributed by atoms with Gasteiger partial charge in [0.1, 0.15) is 0 Å². The third kappa shape index (κ3) is 16400. The van der Waals surface area contributed by atoms with Gasteiger partial charge in [-0.3, -0.25) is 0 Å². The van der Waals surface area contributed by atoms with E-state index in [0.717, 1.165) is 0 Å². The molecule has 0 aromatic heterocycles. The van der Waals surface area contributed by atoms with Gasteiger partial charge in [-0.15, -0.1) is 0 Å². The van der Waals surface area contributed by atoms with Gasteiger partial charge in [-0.2, -0.15) is 0 Å². The van der Waals surface area contributed by atoms with Crippen molar-refractivity contribution >= 4 is 21.9 Å². The van der Waals surface area contributed by atoms with Gasteiger partial charge in [0.25, 0.3) is 0 Å². The van der Waals surface area contributed by atoms with Crippen LogP contribution in [-0.4, -0.2) is 191 Å². The maximum absolute atomic E-state index is 2.08. The van der Waals surface area contributed by atoms with Crippen LogP contribution in [0.4, 0.5) is 0 Å². The molecule has 0 spiro atoms. The van der Waals surface area contributed by atoms with Crippen LogP contribution in [0, 0.1) is 0 Å². The van der Waals surface area contributed by atoms with Crippen LogP contribution < -0.4 is 39.2 Å². The Hall–Kier alpha value is 13.9. The van der Waals surface area contributed by atoms with Crippen molar-refractivity contribution in [2.45, 2.75) is 0 Å². The number of hydrogen-bond acceptors (Lipinski definition) is 0. The summed E-state index contributed by atoms with van der Waals surface area (Å²) in [7, 11) is 50.0. The molecule has 0 saturated heterocycles. The van der Waals surface area contributed by atoms with E-state index in [4.69, 9.17) is 0 Å². The number of quaternary nitrogens is 8. The first-order chi connectivity index (χ1) is 13.9. The minimum atomic E-state index is 0. The molecule has 0 heterocycles. The summed E-state index contributed by atoms with van der Waals surface area (Å²) >= 11 is 0. The van der Waals surface area contributed by atoms with E-state index >= 15 is 0 Å². The maximum atomic E-state index is 2.08. The van der Waals surface area contributed by atoms with Crippen LogP contribution in [0.25, 0.3) is 0 Å². The predicted octanol–water partition coefficient (Wildman–Crippen LogP) is -19.9. The zero-order chi connectivity index (χ0) is 28.6. The summed E-state index contributed by atoms with van der Waals surface area (Å²) in [5, 5.41) is 0. The second kappa shape index (κ2) is 2220. The van der Waals surface area contributed by atoms with Crippen molar-refractivity contribution in [3.8, 4) is 0 Å². The van der Waals surface area contributed by atoms with Crippen LogP contribution in [0.5, 0.6) is 0 Å². The average Bonchev–Trinajstić information content (AvgIpc) is 2.30. The molecule has 0 aromatic rings. The van der Waals surface area contributed by atoms with Gasteiger partial charge in [0, 0.05) is 379 Å². The van der Waals surface area contributed by atoms with Crippen molar-refractivity contribution in [2.75, 3.05) is 169 Å². The van der Waals surface area contributed by atoms with E-state index in [1.165, 1.54) is 39.2 Å². The van der Waals surface area contributed by atoms with Crippen LogP contribution in [0.2, 0.25) is 0 Å². The fraction of sp³-hybridized carbons (Fsp3) is 1.00. The van der Waals surface area contributed by atoms with Crippen molar-refractivity contribution in [2.24, 2.45) is 0 Å². The number of rotatable bonds is 0. The molecule has 0 atom stereocenters. The second-order valence-electron chi connectivity index (χ2n) is 12.0. The van der Waals surface area contributed by atoms with Gasteiger partial charge in [0.15, 0.2) is 0 Å². The molecule has 0 bridgehead atoms. The van der Waals surface area contributed by atoms with E-state index in [0.29, 0.717) is 0 Å². The summed E-state index contributed by atoms with van der Waals surface area (Å²) in [5.74, 6) is 0. The standard InChI is InChI=1S/8C3H9N.6Nb.77O.2Si.18W/c8*1-4(2)3;;;;;;;;;;;;;;;;;;;;;;;;;;;;;;;;;;;;;;;;;;;;;;;;;;;;;;;;;;;;;;;;;;;;;;;;;;;;;;;;;;;;;;;;;;;;;;;;;;;;;;;/h8*1-3H3;;;;;;;;;;;;;;;;;;;;;;;;;;;;;;;;;;;;;;;;;;;;;;;;;;;;;;;;;;;;;;;;;;;;;;;;;;;;;;;;;;;;;;;;;;;;;;;;;;;;;;;/q;;;;;;;;6*+5;77*-2;2*+4;;;;;;;;;;;;;;;;;;/p+8. The molecule has 0 unspecified atom stereocenters. The fourth-order valence-corrected chi connectivity index (χ4v) is 0. The van der Waals surface area contributed by atoms with Crippen LogP contribution in [-0.2, 0) is 935 Å². The molecular weight excluding hydrogens is 5550 g/mol. The Morgan fingerprint density at radius 1 is 0.0593 bits per heavy atom. The van der Waals surface area contributed by atoms with Gasteiger partial charge in [-0.05, 0) is 0 Å². The van der Waals surface area contributed by atoms with Gasteiger partial charge in [0.05, 0.1) is 169 Å². The third-order valence-electron chi connectivity index (χ3n) is 0. The Morgan fingerprint density at radius 3 is 0.0593 bits per heavy atom. The van der Waals surface area contributed by atoms with Gasteiger partial charge in [-0.1, -0.05) is 0 Å². The summed E-state index contributed by atoms with van der Waals surface area (Å²) in [4.78, 5) is 11.3. The average molecular weight is 5640 g/mol. The molecule has 0 rings (SSSR count). The first kappa shape index (κ1) is 2270. The Morgan fingerprint density at radius 2 is 0.0593 bits per heavy atom. The van der Waals surface area contributed by atoms with E-state index in [9.17, 15) is 0 Å². The van der Waals surface area contributed by atoms with Gasteiger partial charge < -0.3 is 461 Å². The minimum Gasteiger partial charge on any atom is -2.00 e. The molecule has 0 fully saturated rings. The molecule has 0 aromatic carbocycles. The normalized spacial score (nSPS) is 2.13. The smallest absolute Gasteiger partial charge is 2.00 e. The topological polar surface area (TPSA) is 2230 Å². The van der Waals surface area contributed by atoms with E-state index in [2.05, 4.69) is 169 Å². The quantitative estimate of drug-likeness (QED) is 0.105. The molecule has 0 radical (unpaired) electrons. The van der Waals surface area contributed by atoms with Crippen molar-refractivity contribution in [1.29, 1.82) is 0 Å². The van der Waals surface area contributed by atoms with Crippen LogP contribution in [0.1, 0.15) is 0 Å². The summed E-state index contributed by atoms with van der Waals surface area (Å²) in [6, 6.07) is 0. The van der Waals surface area contributed by atoms with Crippen LogP contribution >= 0.6 is 0 Å². The van der Waals surface area contributed by atoms with E-state index in [1.807, 2.05) is 0 Å². The van der Waals surface area contributed by atoms with Crippen molar-refractivity contribution < 1.29 is 974 Å². The number of nitrogens with one attached hydrogen (secondary N) is 8. The maximum Gasteiger partial charge on any atom is 5.00 e. The molecule has 111 heteroatoms. The summed E-state index contributed by atoms with van der Waals surface area (Å²) in [5.41, 5.74) is 0. The van der Waals surface area contributed by atoms with Crippen LogP contribution in [0.3, 0.4) is 0 Å². The zero-order valence-corrected chi connectivity index (χ0v) is 138. The molecule has 0 amide bonds. The third-order valence-corrected chi connectivity index (χ3v) is 0. The SMILES string of the molecule is C[NH+](C)C.C[NH+](C)C.C[NH+](C)C.C[NH+](C)C.C[NH+](C)C.C[NH+](C)C.C[NH+](C)C.C[NH+](C)C.[Nb+5].[Nb+5].[Nb+5].[Nb+5].[Nb+5].[Nb+5].[O-2].[O-2].[O-2].[O-2].[O-2].[O-2].[O-2].[O-2].[O-2].[O-2].[O-2].[O-2].[O-2].[O-2].[O-2].[O-2].[O-2].[O-2].[O-2].[O-2].[O-2].[O-2].[O-2].[O-2].[O-2].[O-2].[O-2].[O-2].[O-2].[O-2].[O-2].[O-2].[O-2].[O-2].[O-2].[O-2].[O-2].[O-2].[O-2].[O-2].[O-2].[O-2].[O-2].[O-2].[O-2].[O-2].[O-2].[O-2].[O-2].[O-2].[O-2].[O-2].[O-2].[O-2].[O-2].[O-2].[O-2].[O-2].[O-2].[O-2].[O-2].[O-2].[O-2].[O-2].[O-2].[O-2].[O-2].[O-2].[O-2].[O-2].[O-2].[O-2].[O-2].[O-2].[O-2].[O-2].[O-2].[Si+4].[Si+4].[W].[W].[W].[W].[W].[W].[W].[W].[W].[W].[W].[W].[W].[W].[W].[W].[W].[W]. The second-order valence-corrected chi connectivity index (χ2v) is 12.0. The molecule has 932 valence electrons. The molecule has 85 nitrogen and oxygen atoms in total. The van der Waals surface area contributed by atoms with Crippen molar-refractivity contribution in [1.82, 2.24) is 0 Å². The minimum absolute atomic E-state index is 0. The van der Waals surface area contributed by atoms with E-state index < -0.39 is 0 Å². The molecule has 0 saturated carbocycles. The molecule has 0 aliphatic heterocycles. The Balaban J connectivity index is -0.000000000403. The number of hydrogen-bond donors (Lipinski definition) is 8. The van der Waals surface area contributed by atoms with Gasteiger partial charge >= 0.3 is 156 Å². The summed E-state index contributed by atoms with van der Waals surface area (Å²) in [6.07, 6.45) is 0. The molecule has 0 aliphatic rings. The first-order valence-electron chi connectivity index (χ1n) is 12.0. The molecular formula is C24H80N8Nb6O77Si2W18-108. The van der Waals surface area contributed by atoms with Crippen LogP contribution in [0.15, 0.2) is 0 Å². The molecule has 0 aliphatic carbocycles. The Kier molecular flexibility index (Phi) is 37400. The Bertz CT molecular complexity index is 356.